The molecule has 5 heteroatoms. The second-order valence-electron chi connectivity index (χ2n) is 5.81. The lowest BCUT2D eigenvalue weighted by atomic mass is 10.1. The molecule has 4 nitrogen and oxygen atoms in total. The number of phenols is 1. The number of nitrogens with one attached hydrogen (secondary N) is 1. The number of phenolic OH excluding ortho intramolecular Hbond substituents is 1. The molecule has 0 fully saturated rings. The van der Waals surface area contributed by atoms with Gasteiger partial charge < -0.3 is 15.3 Å². The minimum absolute atomic E-state index is 0.144. The Morgan fingerprint density at radius 3 is 2.71 bits per heavy atom. The molecular weight excluding hydrogens is 307 g/mol. The largest absolute Gasteiger partial charge is 0.508 e. The third-order valence-corrected chi connectivity index (χ3v) is 3.37. The first kappa shape index (κ1) is 17.7. The fourth-order valence-electron chi connectivity index (χ4n) is 2.22. The molecule has 0 spiro atoms. The summed E-state index contributed by atoms with van der Waals surface area (Å²) in [5, 5.41) is 12.1. The number of carbonyl (C=O) groups is 1. The summed E-state index contributed by atoms with van der Waals surface area (Å²) in [4.78, 5) is 13.7. The van der Waals surface area contributed by atoms with E-state index in [0.717, 1.165) is 5.56 Å². The molecule has 0 radical (unpaired) electrons. The molecule has 0 unspecified atom stereocenters. The van der Waals surface area contributed by atoms with Crippen molar-refractivity contribution in [3.63, 3.8) is 0 Å². The van der Waals surface area contributed by atoms with E-state index >= 15 is 0 Å². The molecule has 0 aliphatic rings. The Hall–Kier alpha value is -2.66. The highest BCUT2D eigenvalue weighted by Crippen LogP contribution is 2.13. The molecule has 0 saturated heterocycles. The molecule has 2 aromatic carbocycles. The van der Waals surface area contributed by atoms with E-state index in [-0.39, 0.29) is 24.0 Å². The molecule has 2 rings (SSSR count). The van der Waals surface area contributed by atoms with Crippen molar-refractivity contribution in [2.45, 2.75) is 13.1 Å². The Labute approximate surface area is 141 Å². The van der Waals surface area contributed by atoms with Crippen LogP contribution in [-0.2, 0) is 17.9 Å². The van der Waals surface area contributed by atoms with Crippen LogP contribution in [0, 0.1) is 5.82 Å². The van der Waals surface area contributed by atoms with E-state index in [1.165, 1.54) is 12.1 Å². The molecule has 0 saturated carbocycles. The topological polar surface area (TPSA) is 52.6 Å². The lowest BCUT2D eigenvalue weighted by Crippen LogP contribution is -2.20. The van der Waals surface area contributed by atoms with Crippen molar-refractivity contribution >= 4 is 12.0 Å². The number of benzene rings is 2. The van der Waals surface area contributed by atoms with Crippen LogP contribution >= 0.6 is 0 Å². The quantitative estimate of drug-likeness (QED) is 0.802. The average molecular weight is 328 g/mol. The minimum Gasteiger partial charge on any atom is -0.508 e. The summed E-state index contributed by atoms with van der Waals surface area (Å²) in [7, 11) is 3.76. The monoisotopic (exact) mass is 328 g/mol. The van der Waals surface area contributed by atoms with Crippen molar-refractivity contribution in [3.8, 4) is 5.75 Å². The molecule has 0 aromatic heterocycles. The maximum Gasteiger partial charge on any atom is 0.244 e. The van der Waals surface area contributed by atoms with E-state index in [1.54, 1.807) is 42.5 Å². The summed E-state index contributed by atoms with van der Waals surface area (Å²) < 4.78 is 14.0. The molecule has 0 aliphatic carbocycles. The highest BCUT2D eigenvalue weighted by Gasteiger charge is 2.05. The van der Waals surface area contributed by atoms with Crippen molar-refractivity contribution < 1.29 is 14.3 Å². The number of hydrogen-bond donors (Lipinski definition) is 2. The second kappa shape index (κ2) is 8.26. The molecule has 0 bridgehead atoms. The third kappa shape index (κ3) is 5.52. The van der Waals surface area contributed by atoms with Crippen LogP contribution in [0.15, 0.2) is 48.5 Å². The fourth-order valence-corrected chi connectivity index (χ4v) is 2.22. The van der Waals surface area contributed by atoms with Crippen molar-refractivity contribution in [2.24, 2.45) is 0 Å². The number of amides is 1. The standard InChI is InChI=1S/C19H21FN2O2/c1-22(2)13-16-8-6-15(11-18(16)20)12-21-19(24)9-7-14-4-3-5-17(23)10-14/h3-11,23H,12-13H2,1-2H3,(H,21,24). The third-order valence-electron chi connectivity index (χ3n) is 3.37. The first-order valence-electron chi connectivity index (χ1n) is 7.61. The Morgan fingerprint density at radius 2 is 2.04 bits per heavy atom. The van der Waals surface area contributed by atoms with Crippen LogP contribution in [-0.4, -0.2) is 30.0 Å². The number of halogens is 1. The van der Waals surface area contributed by atoms with Gasteiger partial charge in [-0.2, -0.15) is 0 Å². The molecule has 2 N–H and O–H groups in total. The minimum atomic E-state index is -0.281. The molecule has 24 heavy (non-hydrogen) atoms. The van der Waals surface area contributed by atoms with Gasteiger partial charge >= 0.3 is 0 Å². The van der Waals surface area contributed by atoms with E-state index in [4.69, 9.17) is 0 Å². The molecular formula is C19H21FN2O2. The van der Waals surface area contributed by atoms with Gasteiger partial charge in [-0.15, -0.1) is 0 Å². The second-order valence-corrected chi connectivity index (χ2v) is 5.81. The smallest absolute Gasteiger partial charge is 0.244 e. The van der Waals surface area contributed by atoms with Gasteiger partial charge in [-0.1, -0.05) is 24.3 Å². The first-order chi connectivity index (χ1) is 11.4. The van der Waals surface area contributed by atoms with Gasteiger partial charge in [-0.25, -0.2) is 4.39 Å². The zero-order valence-electron chi connectivity index (χ0n) is 13.8. The normalized spacial score (nSPS) is 11.2. The summed E-state index contributed by atoms with van der Waals surface area (Å²) in [6.07, 6.45) is 2.99. The van der Waals surface area contributed by atoms with Crippen molar-refractivity contribution in [3.05, 3.63) is 71.0 Å². The molecule has 0 aliphatic heterocycles. The van der Waals surface area contributed by atoms with Crippen molar-refractivity contribution in [2.75, 3.05) is 14.1 Å². The molecule has 2 aromatic rings. The SMILES string of the molecule is CN(C)Cc1ccc(CNC(=O)C=Cc2cccc(O)c2)cc1F. The van der Waals surface area contributed by atoms with Crippen LogP contribution < -0.4 is 5.32 Å². The predicted octanol–water partition coefficient (Wildman–Crippen LogP) is 2.92. The average Bonchev–Trinajstić information content (AvgIpc) is 2.53. The van der Waals surface area contributed by atoms with Crippen LogP contribution in [0.1, 0.15) is 16.7 Å². The predicted molar refractivity (Wildman–Crippen MR) is 92.8 cm³/mol. The number of hydrogen-bond acceptors (Lipinski definition) is 3. The zero-order chi connectivity index (χ0) is 17.5. The fraction of sp³-hybridized carbons (Fsp3) is 0.211. The van der Waals surface area contributed by atoms with E-state index in [9.17, 15) is 14.3 Å². The number of rotatable bonds is 6. The van der Waals surface area contributed by atoms with E-state index in [2.05, 4.69) is 5.32 Å². The molecule has 0 atom stereocenters. The molecule has 1 amide bonds. The summed E-state index contributed by atoms with van der Waals surface area (Å²) in [5.74, 6) is -0.410. The van der Waals surface area contributed by atoms with Crippen LogP contribution in [0.5, 0.6) is 5.75 Å². The Balaban J connectivity index is 1.90. The molecule has 0 heterocycles. The highest BCUT2D eigenvalue weighted by molar-refractivity contribution is 5.91. The number of carbonyl (C=O) groups excluding carboxylic acids is 1. The molecule has 126 valence electrons. The summed E-state index contributed by atoms with van der Waals surface area (Å²) in [5.41, 5.74) is 2.05. The number of aromatic hydroxyl groups is 1. The Morgan fingerprint density at radius 1 is 1.25 bits per heavy atom. The van der Waals surface area contributed by atoms with Crippen LogP contribution in [0.4, 0.5) is 4.39 Å². The lowest BCUT2D eigenvalue weighted by Gasteiger charge is -2.11. The van der Waals surface area contributed by atoms with E-state index in [0.29, 0.717) is 17.7 Å². The Bertz CT molecular complexity index is 742. The number of nitrogens with zero attached hydrogens (tertiary/aromatic N) is 1. The van der Waals surface area contributed by atoms with Gasteiger partial charge in [-0.05, 0) is 49.5 Å². The van der Waals surface area contributed by atoms with E-state index < -0.39 is 0 Å². The van der Waals surface area contributed by atoms with Gasteiger partial charge in [0.25, 0.3) is 0 Å². The Kier molecular flexibility index (Phi) is 6.09. The van der Waals surface area contributed by atoms with Crippen molar-refractivity contribution in [1.82, 2.24) is 10.2 Å². The van der Waals surface area contributed by atoms with Gasteiger partial charge in [0.2, 0.25) is 5.91 Å². The summed E-state index contributed by atoms with van der Waals surface area (Å²) in [6.45, 7) is 0.785. The maximum absolute atomic E-state index is 14.0. The zero-order valence-corrected chi connectivity index (χ0v) is 13.8. The van der Waals surface area contributed by atoms with Gasteiger partial charge in [0.1, 0.15) is 11.6 Å². The van der Waals surface area contributed by atoms with Crippen LogP contribution in [0.2, 0.25) is 0 Å². The lowest BCUT2D eigenvalue weighted by molar-refractivity contribution is -0.116. The van der Waals surface area contributed by atoms with Gasteiger partial charge in [-0.3, -0.25) is 4.79 Å². The van der Waals surface area contributed by atoms with E-state index in [1.807, 2.05) is 19.0 Å². The van der Waals surface area contributed by atoms with Gasteiger partial charge in [0, 0.05) is 24.7 Å². The first-order valence-corrected chi connectivity index (χ1v) is 7.61. The van der Waals surface area contributed by atoms with Crippen molar-refractivity contribution in [1.29, 1.82) is 0 Å². The van der Waals surface area contributed by atoms with Crippen LogP contribution in [0.25, 0.3) is 6.08 Å². The van der Waals surface area contributed by atoms with Gasteiger partial charge in [0.15, 0.2) is 0 Å². The summed E-state index contributed by atoms with van der Waals surface area (Å²) in [6, 6.07) is 11.6. The summed E-state index contributed by atoms with van der Waals surface area (Å²) >= 11 is 0. The highest BCUT2D eigenvalue weighted by atomic mass is 19.1. The van der Waals surface area contributed by atoms with Gasteiger partial charge in [0.05, 0.1) is 0 Å². The van der Waals surface area contributed by atoms with Crippen LogP contribution in [0.3, 0.4) is 0 Å². The maximum atomic E-state index is 14.0.